The fraction of sp³-hybridized carbons (Fsp3) is 0.533. The van der Waals surface area contributed by atoms with Crippen LogP contribution in [0.1, 0.15) is 44.4 Å². The van der Waals surface area contributed by atoms with Crippen molar-refractivity contribution in [1.82, 2.24) is 5.32 Å². The summed E-state index contributed by atoms with van der Waals surface area (Å²) < 4.78 is 43.3. The number of nitrogens with one attached hydrogen (secondary N) is 1. The smallest absolute Gasteiger partial charge is 0.416 e. The topological polar surface area (TPSA) is 38.3 Å². The lowest BCUT2D eigenvalue weighted by atomic mass is 10.0. The summed E-state index contributed by atoms with van der Waals surface area (Å²) in [6.07, 6.45) is -3.69. The number of carbonyl (C=O) groups excluding carboxylic acids is 1. The van der Waals surface area contributed by atoms with E-state index in [9.17, 15) is 18.0 Å². The molecule has 6 heteroatoms. The molecule has 0 saturated carbocycles. The second-order valence-corrected chi connectivity index (χ2v) is 4.78. The van der Waals surface area contributed by atoms with Crippen molar-refractivity contribution in [3.05, 3.63) is 35.4 Å². The lowest BCUT2D eigenvalue weighted by Crippen LogP contribution is -2.36. The Morgan fingerprint density at radius 3 is 2.52 bits per heavy atom. The molecule has 0 aliphatic carbocycles. The fourth-order valence-corrected chi connectivity index (χ4v) is 1.82. The van der Waals surface area contributed by atoms with E-state index in [2.05, 4.69) is 5.32 Å². The number of benzene rings is 1. The zero-order valence-electron chi connectivity index (χ0n) is 12.3. The van der Waals surface area contributed by atoms with Gasteiger partial charge in [-0.15, -0.1) is 0 Å². The third kappa shape index (κ3) is 5.04. The standard InChI is InChI=1S/C15H20F3NO2/c1-4-10(3)19-13(14(20)21-5-2)11-7-6-8-12(9-11)15(16,17)18/h6-10,13,19H,4-5H2,1-3H3. The number of esters is 1. The van der Waals surface area contributed by atoms with Gasteiger partial charge in [0.15, 0.2) is 0 Å². The van der Waals surface area contributed by atoms with Gasteiger partial charge >= 0.3 is 12.1 Å². The zero-order valence-corrected chi connectivity index (χ0v) is 12.3. The van der Waals surface area contributed by atoms with Gasteiger partial charge < -0.3 is 4.74 Å². The van der Waals surface area contributed by atoms with Crippen molar-refractivity contribution in [1.29, 1.82) is 0 Å². The van der Waals surface area contributed by atoms with Crippen LogP contribution in [-0.2, 0) is 15.7 Å². The van der Waals surface area contributed by atoms with Crippen LogP contribution in [0.3, 0.4) is 0 Å². The Morgan fingerprint density at radius 1 is 1.33 bits per heavy atom. The van der Waals surface area contributed by atoms with E-state index in [-0.39, 0.29) is 18.2 Å². The lowest BCUT2D eigenvalue weighted by molar-refractivity contribution is -0.146. The molecule has 2 unspecified atom stereocenters. The number of alkyl halides is 3. The molecule has 1 aromatic rings. The number of hydrogen-bond donors (Lipinski definition) is 1. The van der Waals surface area contributed by atoms with Crippen molar-refractivity contribution in [2.45, 2.75) is 45.5 Å². The minimum absolute atomic E-state index is 0.0195. The van der Waals surface area contributed by atoms with Crippen LogP contribution in [0.25, 0.3) is 0 Å². The van der Waals surface area contributed by atoms with Crippen molar-refractivity contribution in [2.24, 2.45) is 0 Å². The van der Waals surface area contributed by atoms with Crippen LogP contribution in [0, 0.1) is 0 Å². The quantitative estimate of drug-likeness (QED) is 0.814. The molecule has 1 rings (SSSR count). The van der Waals surface area contributed by atoms with Crippen molar-refractivity contribution in [3.8, 4) is 0 Å². The second kappa shape index (κ2) is 7.45. The summed E-state index contributed by atoms with van der Waals surface area (Å²) in [5.74, 6) is -0.572. The van der Waals surface area contributed by atoms with Crippen molar-refractivity contribution in [3.63, 3.8) is 0 Å². The molecule has 3 nitrogen and oxygen atoms in total. The zero-order chi connectivity index (χ0) is 16.0. The summed E-state index contributed by atoms with van der Waals surface area (Å²) in [4.78, 5) is 12.0. The predicted octanol–water partition coefficient (Wildman–Crippen LogP) is 3.70. The highest BCUT2D eigenvalue weighted by Gasteiger charge is 2.32. The van der Waals surface area contributed by atoms with E-state index in [1.807, 2.05) is 13.8 Å². The summed E-state index contributed by atoms with van der Waals surface area (Å²) in [5.41, 5.74) is -0.524. The Morgan fingerprint density at radius 2 is 2.00 bits per heavy atom. The Hall–Kier alpha value is -1.56. The van der Waals surface area contributed by atoms with E-state index >= 15 is 0 Å². The summed E-state index contributed by atoms with van der Waals surface area (Å²) >= 11 is 0. The molecule has 0 aliphatic rings. The van der Waals surface area contributed by atoms with Crippen molar-refractivity contribution >= 4 is 5.97 Å². The van der Waals surface area contributed by atoms with Crippen LogP contribution in [0.2, 0.25) is 0 Å². The molecule has 1 N–H and O–H groups in total. The highest BCUT2D eigenvalue weighted by molar-refractivity contribution is 5.77. The third-order valence-corrected chi connectivity index (χ3v) is 3.13. The van der Waals surface area contributed by atoms with Gasteiger partial charge in [-0.2, -0.15) is 13.2 Å². The molecule has 0 heterocycles. The molecule has 0 fully saturated rings. The van der Waals surface area contributed by atoms with Crippen LogP contribution in [-0.4, -0.2) is 18.6 Å². The molecule has 0 spiro atoms. The molecule has 0 aromatic heterocycles. The number of ether oxygens (including phenoxy) is 1. The SMILES string of the molecule is CCOC(=O)C(NC(C)CC)c1cccc(C(F)(F)F)c1. The van der Waals surface area contributed by atoms with Crippen molar-refractivity contribution in [2.75, 3.05) is 6.61 Å². The predicted molar refractivity (Wildman–Crippen MR) is 73.7 cm³/mol. The van der Waals surface area contributed by atoms with E-state index in [1.165, 1.54) is 12.1 Å². The van der Waals surface area contributed by atoms with Crippen LogP contribution in [0.4, 0.5) is 13.2 Å². The fourth-order valence-electron chi connectivity index (χ4n) is 1.82. The number of rotatable bonds is 6. The first-order valence-electron chi connectivity index (χ1n) is 6.89. The molecule has 0 bridgehead atoms. The van der Waals surface area contributed by atoms with Crippen LogP contribution in [0.15, 0.2) is 24.3 Å². The Balaban J connectivity index is 3.10. The van der Waals surface area contributed by atoms with Gasteiger partial charge in [0.2, 0.25) is 0 Å². The largest absolute Gasteiger partial charge is 0.465 e. The number of carbonyl (C=O) groups is 1. The van der Waals surface area contributed by atoms with Gasteiger partial charge in [-0.25, -0.2) is 4.79 Å². The average molecular weight is 303 g/mol. The molecule has 0 saturated heterocycles. The molecule has 1 aromatic carbocycles. The van der Waals surface area contributed by atoms with E-state index in [4.69, 9.17) is 4.74 Å². The monoisotopic (exact) mass is 303 g/mol. The van der Waals surface area contributed by atoms with Crippen LogP contribution < -0.4 is 5.32 Å². The molecule has 118 valence electrons. The summed E-state index contributed by atoms with van der Waals surface area (Å²) in [6.45, 7) is 5.62. The van der Waals surface area contributed by atoms with Gasteiger partial charge in [-0.05, 0) is 38.0 Å². The highest BCUT2D eigenvalue weighted by atomic mass is 19.4. The molecule has 21 heavy (non-hydrogen) atoms. The van der Waals surface area contributed by atoms with E-state index < -0.39 is 23.8 Å². The molecule has 0 amide bonds. The van der Waals surface area contributed by atoms with Crippen molar-refractivity contribution < 1.29 is 22.7 Å². The first-order chi connectivity index (χ1) is 9.79. The van der Waals surface area contributed by atoms with Gasteiger partial charge in [-0.1, -0.05) is 19.1 Å². The van der Waals surface area contributed by atoms with Gasteiger partial charge in [0.25, 0.3) is 0 Å². The summed E-state index contributed by atoms with van der Waals surface area (Å²) in [7, 11) is 0. The van der Waals surface area contributed by atoms with E-state index in [0.29, 0.717) is 0 Å². The Bertz CT molecular complexity index is 474. The molecule has 0 radical (unpaired) electrons. The first-order valence-corrected chi connectivity index (χ1v) is 6.89. The molecular weight excluding hydrogens is 283 g/mol. The minimum atomic E-state index is -4.44. The lowest BCUT2D eigenvalue weighted by Gasteiger charge is -2.22. The van der Waals surface area contributed by atoms with Gasteiger partial charge in [-0.3, -0.25) is 5.32 Å². The van der Waals surface area contributed by atoms with Gasteiger partial charge in [0.1, 0.15) is 6.04 Å². The molecular formula is C15H20F3NO2. The first kappa shape index (κ1) is 17.5. The third-order valence-electron chi connectivity index (χ3n) is 3.13. The maximum absolute atomic E-state index is 12.8. The summed E-state index contributed by atoms with van der Waals surface area (Å²) in [6, 6.07) is 3.83. The number of hydrogen-bond acceptors (Lipinski definition) is 3. The normalized spacial score (nSPS) is 14.6. The summed E-state index contributed by atoms with van der Waals surface area (Å²) in [5, 5.41) is 3.00. The maximum atomic E-state index is 12.8. The van der Waals surface area contributed by atoms with Crippen LogP contribution in [0.5, 0.6) is 0 Å². The Labute approximate surface area is 122 Å². The van der Waals surface area contributed by atoms with E-state index in [1.54, 1.807) is 6.92 Å². The number of halogens is 3. The molecule has 2 atom stereocenters. The maximum Gasteiger partial charge on any atom is 0.416 e. The van der Waals surface area contributed by atoms with Crippen LogP contribution >= 0.6 is 0 Å². The van der Waals surface area contributed by atoms with Gasteiger partial charge in [0, 0.05) is 6.04 Å². The second-order valence-electron chi connectivity index (χ2n) is 4.78. The average Bonchev–Trinajstić information content (AvgIpc) is 2.43. The highest BCUT2D eigenvalue weighted by Crippen LogP contribution is 2.31. The molecule has 0 aliphatic heterocycles. The van der Waals surface area contributed by atoms with Gasteiger partial charge in [0.05, 0.1) is 12.2 Å². The minimum Gasteiger partial charge on any atom is -0.465 e. The Kier molecular flexibility index (Phi) is 6.20. The van der Waals surface area contributed by atoms with E-state index in [0.717, 1.165) is 18.6 Å².